The Morgan fingerprint density at radius 1 is 1.17 bits per heavy atom. The van der Waals surface area contributed by atoms with Gasteiger partial charge in [0, 0.05) is 11.6 Å². The molecule has 11 heteroatoms. The summed E-state index contributed by atoms with van der Waals surface area (Å²) in [4.78, 5) is 43.4. The van der Waals surface area contributed by atoms with Crippen LogP contribution >= 0.6 is 22.9 Å². The van der Waals surface area contributed by atoms with Gasteiger partial charge in [-0.05, 0) is 68.3 Å². The largest absolute Gasteiger partial charge is 0.496 e. The summed E-state index contributed by atoms with van der Waals surface area (Å²) >= 11 is 7.16. The van der Waals surface area contributed by atoms with E-state index in [1.807, 2.05) is 25.1 Å². The molecule has 0 saturated carbocycles. The standard InChI is InChI=1S/C30H25ClN2O7S/c1-5-39-29(37)25-16(3)32-30-33(26(25)18-7-6-15(2)23(13-18)38-4)27(34)24(41-30)14-19-9-11-22(40-19)17-8-10-21(31)20(12-17)28(35)36/h6-14,26H,5H2,1-4H3,(H,35,36)/b24-14+/t26-/m1/s1. The second-order valence-electron chi connectivity index (χ2n) is 9.23. The number of nitrogens with zero attached hydrogens (tertiary/aromatic N) is 2. The first kappa shape index (κ1) is 28.1. The van der Waals surface area contributed by atoms with E-state index in [0.717, 1.165) is 5.56 Å². The van der Waals surface area contributed by atoms with Crippen LogP contribution in [0.25, 0.3) is 17.4 Å². The number of allylic oxidation sites excluding steroid dienone is 1. The lowest BCUT2D eigenvalue weighted by Crippen LogP contribution is -2.40. The maximum atomic E-state index is 13.8. The van der Waals surface area contributed by atoms with Crippen molar-refractivity contribution in [3.8, 4) is 17.1 Å². The Balaban J connectivity index is 1.63. The number of aromatic carboxylic acids is 1. The molecule has 3 heterocycles. The smallest absolute Gasteiger partial charge is 0.338 e. The maximum Gasteiger partial charge on any atom is 0.338 e. The lowest BCUT2D eigenvalue weighted by Gasteiger charge is -2.25. The Kier molecular flexibility index (Phi) is 7.70. The number of ether oxygens (including phenoxy) is 2. The molecule has 41 heavy (non-hydrogen) atoms. The Labute approximate surface area is 243 Å². The summed E-state index contributed by atoms with van der Waals surface area (Å²) in [6.07, 6.45) is 1.59. The number of halogens is 1. The molecule has 1 aliphatic rings. The zero-order chi connectivity index (χ0) is 29.4. The van der Waals surface area contributed by atoms with Gasteiger partial charge in [0.15, 0.2) is 4.80 Å². The molecule has 0 saturated heterocycles. The van der Waals surface area contributed by atoms with Crippen molar-refractivity contribution in [2.24, 2.45) is 4.99 Å². The molecule has 0 unspecified atom stereocenters. The average molecular weight is 593 g/mol. The van der Waals surface area contributed by atoms with Crippen molar-refractivity contribution >= 4 is 41.0 Å². The lowest BCUT2D eigenvalue weighted by atomic mass is 9.95. The molecule has 1 atom stereocenters. The van der Waals surface area contributed by atoms with Gasteiger partial charge < -0.3 is 19.0 Å². The number of carboxylic acid groups (broad SMARTS) is 1. The number of benzene rings is 2. The average Bonchev–Trinajstić information content (AvgIpc) is 3.52. The molecule has 0 fully saturated rings. The van der Waals surface area contributed by atoms with Crippen molar-refractivity contribution in [3.63, 3.8) is 0 Å². The van der Waals surface area contributed by atoms with Crippen LogP contribution < -0.4 is 19.6 Å². The van der Waals surface area contributed by atoms with Crippen LogP contribution in [-0.2, 0) is 9.53 Å². The van der Waals surface area contributed by atoms with Crippen LogP contribution in [0, 0.1) is 6.92 Å². The van der Waals surface area contributed by atoms with E-state index in [2.05, 4.69) is 4.99 Å². The van der Waals surface area contributed by atoms with Crippen LogP contribution in [0.2, 0.25) is 5.02 Å². The Morgan fingerprint density at radius 3 is 2.66 bits per heavy atom. The van der Waals surface area contributed by atoms with Gasteiger partial charge in [0.25, 0.3) is 5.56 Å². The third kappa shape index (κ3) is 5.23. The topological polar surface area (TPSA) is 120 Å². The molecule has 210 valence electrons. The van der Waals surface area contributed by atoms with Crippen molar-refractivity contribution in [2.45, 2.75) is 26.8 Å². The SMILES string of the molecule is CCOC(=O)C1=C(C)N=c2s/c(=C/c3ccc(-c4ccc(Cl)c(C(=O)O)c4)o3)c(=O)n2[C@@H]1c1ccc(C)c(OC)c1. The van der Waals surface area contributed by atoms with E-state index >= 15 is 0 Å². The van der Waals surface area contributed by atoms with Crippen molar-refractivity contribution < 1.29 is 28.6 Å². The van der Waals surface area contributed by atoms with E-state index in [0.29, 0.717) is 43.4 Å². The highest BCUT2D eigenvalue weighted by atomic mass is 35.5. The van der Waals surface area contributed by atoms with Crippen molar-refractivity contribution in [1.82, 2.24) is 4.57 Å². The summed E-state index contributed by atoms with van der Waals surface area (Å²) < 4.78 is 18.6. The number of rotatable bonds is 7. The summed E-state index contributed by atoms with van der Waals surface area (Å²) in [7, 11) is 1.56. The van der Waals surface area contributed by atoms with Gasteiger partial charge in [0.2, 0.25) is 0 Å². The van der Waals surface area contributed by atoms with E-state index in [4.69, 9.17) is 25.5 Å². The molecular weight excluding hydrogens is 568 g/mol. The van der Waals surface area contributed by atoms with Crippen LogP contribution in [0.5, 0.6) is 5.75 Å². The molecule has 5 rings (SSSR count). The van der Waals surface area contributed by atoms with Crippen LogP contribution in [-0.4, -0.2) is 35.3 Å². The van der Waals surface area contributed by atoms with Gasteiger partial charge in [-0.25, -0.2) is 14.6 Å². The fourth-order valence-electron chi connectivity index (χ4n) is 4.67. The molecule has 1 N–H and O–H groups in total. The molecule has 2 aromatic carbocycles. The summed E-state index contributed by atoms with van der Waals surface area (Å²) in [6, 6.07) is 12.7. The number of thiazole rings is 1. The number of fused-ring (bicyclic) bond motifs is 1. The van der Waals surface area contributed by atoms with E-state index in [-0.39, 0.29) is 28.3 Å². The molecule has 4 aromatic rings. The highest BCUT2D eigenvalue weighted by Gasteiger charge is 2.33. The first-order valence-corrected chi connectivity index (χ1v) is 13.8. The lowest BCUT2D eigenvalue weighted by molar-refractivity contribution is -0.139. The second kappa shape index (κ2) is 11.2. The Hall–Kier alpha value is -4.41. The summed E-state index contributed by atoms with van der Waals surface area (Å²) in [5.41, 5.74) is 2.44. The third-order valence-electron chi connectivity index (χ3n) is 6.65. The van der Waals surface area contributed by atoms with Gasteiger partial charge in [-0.3, -0.25) is 9.36 Å². The summed E-state index contributed by atoms with van der Waals surface area (Å²) in [5, 5.41) is 9.51. The number of hydrogen-bond acceptors (Lipinski definition) is 8. The van der Waals surface area contributed by atoms with Gasteiger partial charge in [-0.1, -0.05) is 35.1 Å². The quantitative estimate of drug-likeness (QED) is 0.308. The Morgan fingerprint density at radius 2 is 1.95 bits per heavy atom. The fraction of sp³-hybridized carbons (Fsp3) is 0.200. The number of carbonyl (C=O) groups is 2. The molecule has 0 bridgehead atoms. The van der Waals surface area contributed by atoms with E-state index in [1.165, 1.54) is 28.0 Å². The van der Waals surface area contributed by atoms with Crippen LogP contribution in [0.1, 0.15) is 47.1 Å². The number of hydrogen-bond donors (Lipinski definition) is 1. The van der Waals surface area contributed by atoms with Crippen molar-refractivity contribution in [3.05, 3.63) is 107 Å². The fourth-order valence-corrected chi connectivity index (χ4v) is 5.90. The van der Waals surface area contributed by atoms with Crippen LogP contribution in [0.15, 0.2) is 74.0 Å². The summed E-state index contributed by atoms with van der Waals surface area (Å²) in [5.74, 6) is -0.283. The van der Waals surface area contributed by atoms with E-state index < -0.39 is 18.0 Å². The highest BCUT2D eigenvalue weighted by molar-refractivity contribution is 7.07. The summed E-state index contributed by atoms with van der Waals surface area (Å²) in [6.45, 7) is 5.52. The molecule has 0 amide bonds. The second-order valence-corrected chi connectivity index (χ2v) is 10.6. The highest BCUT2D eigenvalue weighted by Crippen LogP contribution is 2.33. The maximum absolute atomic E-state index is 13.8. The first-order chi connectivity index (χ1) is 19.6. The minimum Gasteiger partial charge on any atom is -0.496 e. The number of esters is 1. The monoisotopic (exact) mass is 592 g/mol. The van der Waals surface area contributed by atoms with Crippen molar-refractivity contribution in [1.29, 1.82) is 0 Å². The predicted molar refractivity (Wildman–Crippen MR) is 154 cm³/mol. The number of carbonyl (C=O) groups excluding carboxylic acids is 1. The molecular formula is C30H25ClN2O7S. The minimum absolute atomic E-state index is 0.0454. The molecule has 0 aliphatic carbocycles. The Bertz CT molecular complexity index is 1920. The molecule has 0 radical (unpaired) electrons. The van der Waals surface area contributed by atoms with Crippen molar-refractivity contribution in [2.75, 3.05) is 13.7 Å². The number of furan rings is 1. The molecule has 2 aromatic heterocycles. The van der Waals surface area contributed by atoms with Gasteiger partial charge in [0.1, 0.15) is 17.3 Å². The minimum atomic E-state index is -1.15. The van der Waals surface area contributed by atoms with Gasteiger partial charge >= 0.3 is 11.9 Å². The number of methoxy groups -OCH3 is 1. The first-order valence-electron chi connectivity index (χ1n) is 12.6. The zero-order valence-corrected chi connectivity index (χ0v) is 24.1. The van der Waals surface area contributed by atoms with Crippen LogP contribution in [0.4, 0.5) is 0 Å². The normalized spacial score (nSPS) is 15.0. The molecule has 0 spiro atoms. The molecule has 1 aliphatic heterocycles. The number of aryl methyl sites for hydroxylation is 1. The van der Waals surface area contributed by atoms with E-state index in [9.17, 15) is 19.5 Å². The zero-order valence-electron chi connectivity index (χ0n) is 22.6. The molecule has 9 nitrogen and oxygen atoms in total. The number of carboxylic acids is 1. The number of aromatic nitrogens is 1. The third-order valence-corrected chi connectivity index (χ3v) is 7.96. The van der Waals surface area contributed by atoms with Gasteiger partial charge in [0.05, 0.1) is 46.1 Å². The van der Waals surface area contributed by atoms with Crippen LogP contribution in [0.3, 0.4) is 0 Å². The predicted octanol–water partition coefficient (Wildman–Crippen LogP) is 4.73. The van der Waals surface area contributed by atoms with Gasteiger partial charge in [-0.2, -0.15) is 0 Å². The van der Waals surface area contributed by atoms with Gasteiger partial charge in [-0.15, -0.1) is 0 Å². The van der Waals surface area contributed by atoms with E-state index in [1.54, 1.807) is 45.2 Å².